The molecule has 2 amide bonds. The first-order valence-corrected chi connectivity index (χ1v) is 11.9. The number of carbonyl (C=O) groups excluding carboxylic acids is 1. The van der Waals surface area contributed by atoms with E-state index >= 15 is 0 Å². The lowest BCUT2D eigenvalue weighted by molar-refractivity contribution is 0.256. The molecular weight excluding hydrogens is 492 g/mol. The maximum absolute atomic E-state index is 12.9. The number of methoxy groups -OCH3 is 1. The second-order valence-electron chi connectivity index (χ2n) is 6.65. The van der Waals surface area contributed by atoms with Crippen molar-refractivity contribution in [1.29, 1.82) is 0 Å². The smallest absolute Gasteiger partial charge is 0.333 e. The molecule has 2 aromatic carbocycles. The first-order valence-electron chi connectivity index (χ1n) is 9.20. The highest BCUT2D eigenvalue weighted by atomic mass is 35.5. The number of benzene rings is 2. The van der Waals surface area contributed by atoms with Gasteiger partial charge in [-0.2, -0.15) is 0 Å². The normalized spacial score (nSPS) is 11.3. The fourth-order valence-corrected chi connectivity index (χ4v) is 5.41. The second-order valence-corrected chi connectivity index (χ2v) is 10.3. The number of aromatic nitrogens is 2. The molecule has 0 saturated heterocycles. The van der Waals surface area contributed by atoms with Crippen LogP contribution in [0.3, 0.4) is 0 Å². The van der Waals surface area contributed by atoms with Crippen LogP contribution in [0.4, 0.5) is 10.5 Å². The SMILES string of the molecule is COc1ccc2[nH]c(=O)n(-c3ccc(NC(=O)NS(=O)(=O)c4ccc(Cl)s4)cc3)c(=O)c2c1. The molecule has 0 aliphatic carbocycles. The molecule has 0 atom stereocenters. The molecule has 0 radical (unpaired) electrons. The van der Waals surface area contributed by atoms with E-state index < -0.39 is 27.3 Å². The van der Waals surface area contributed by atoms with Crippen molar-refractivity contribution in [1.82, 2.24) is 14.3 Å². The van der Waals surface area contributed by atoms with Crippen molar-refractivity contribution < 1.29 is 17.9 Å². The van der Waals surface area contributed by atoms with E-state index in [-0.39, 0.29) is 25.3 Å². The molecule has 3 N–H and O–H groups in total. The van der Waals surface area contributed by atoms with Crippen LogP contribution in [0.2, 0.25) is 4.34 Å². The molecule has 4 aromatic rings. The number of amides is 2. The van der Waals surface area contributed by atoms with Gasteiger partial charge in [0, 0.05) is 5.69 Å². The molecule has 0 aliphatic rings. The van der Waals surface area contributed by atoms with E-state index in [0.717, 1.165) is 15.9 Å². The Morgan fingerprint density at radius 1 is 1.09 bits per heavy atom. The summed E-state index contributed by atoms with van der Waals surface area (Å²) in [5.74, 6) is 0.462. The summed E-state index contributed by atoms with van der Waals surface area (Å²) in [5, 5.41) is 2.64. The van der Waals surface area contributed by atoms with Crippen molar-refractivity contribution in [2.75, 3.05) is 12.4 Å². The lowest BCUT2D eigenvalue weighted by Gasteiger charge is -2.10. The molecule has 4 rings (SSSR count). The van der Waals surface area contributed by atoms with E-state index in [0.29, 0.717) is 11.3 Å². The van der Waals surface area contributed by atoms with E-state index in [2.05, 4.69) is 10.3 Å². The fraction of sp³-hybridized carbons (Fsp3) is 0.0500. The van der Waals surface area contributed by atoms with Gasteiger partial charge in [-0.15, -0.1) is 11.3 Å². The van der Waals surface area contributed by atoms with Gasteiger partial charge in [-0.1, -0.05) is 11.6 Å². The highest BCUT2D eigenvalue weighted by Crippen LogP contribution is 2.25. The lowest BCUT2D eigenvalue weighted by atomic mass is 10.2. The number of H-pyrrole nitrogens is 1. The number of hydrogen-bond donors (Lipinski definition) is 3. The van der Waals surface area contributed by atoms with Gasteiger partial charge in [-0.25, -0.2) is 27.3 Å². The van der Waals surface area contributed by atoms with Gasteiger partial charge in [0.1, 0.15) is 9.96 Å². The number of carbonyl (C=O) groups is 1. The molecule has 0 bridgehead atoms. The third kappa shape index (κ3) is 4.62. The second kappa shape index (κ2) is 8.73. The maximum atomic E-state index is 12.9. The summed E-state index contributed by atoms with van der Waals surface area (Å²) < 4.78 is 32.5. The summed E-state index contributed by atoms with van der Waals surface area (Å²) in [6, 6.07) is 12.1. The standard InChI is InChI=1S/C20H15ClN4O6S2/c1-31-13-6-7-15-14(10-13)18(26)25(20(28)23-15)12-4-2-11(3-5-12)22-19(27)24-33(29,30)17-9-8-16(21)32-17/h2-10H,1H3,(H,23,28)(H2,22,24,27). The number of thiophene rings is 1. The summed E-state index contributed by atoms with van der Waals surface area (Å²) in [4.78, 5) is 40.2. The molecule has 170 valence electrons. The van der Waals surface area contributed by atoms with Gasteiger partial charge in [-0.05, 0) is 54.6 Å². The Hall–Kier alpha value is -3.61. The predicted molar refractivity (Wildman–Crippen MR) is 125 cm³/mol. The van der Waals surface area contributed by atoms with Gasteiger partial charge < -0.3 is 15.0 Å². The first kappa shape index (κ1) is 22.6. The number of fused-ring (bicyclic) bond motifs is 1. The molecule has 33 heavy (non-hydrogen) atoms. The van der Waals surface area contributed by atoms with Crippen LogP contribution < -0.4 is 26.0 Å². The number of anilines is 1. The zero-order valence-corrected chi connectivity index (χ0v) is 19.2. The molecule has 0 saturated carbocycles. The zero-order chi connectivity index (χ0) is 23.8. The van der Waals surface area contributed by atoms with Gasteiger partial charge in [0.05, 0.1) is 28.0 Å². The summed E-state index contributed by atoms with van der Waals surface area (Å²) in [7, 11) is -2.61. The van der Waals surface area contributed by atoms with Crippen molar-refractivity contribution >= 4 is 55.6 Å². The number of halogens is 1. The van der Waals surface area contributed by atoms with Gasteiger partial charge in [0.15, 0.2) is 0 Å². The maximum Gasteiger partial charge on any atom is 0.333 e. The minimum atomic E-state index is -4.08. The van der Waals surface area contributed by atoms with Crippen LogP contribution in [0.15, 0.2) is 68.4 Å². The molecule has 0 fully saturated rings. The van der Waals surface area contributed by atoms with Crippen LogP contribution in [0.5, 0.6) is 5.75 Å². The summed E-state index contributed by atoms with van der Waals surface area (Å²) >= 11 is 6.55. The van der Waals surface area contributed by atoms with Crippen LogP contribution >= 0.6 is 22.9 Å². The van der Waals surface area contributed by atoms with Crippen LogP contribution in [-0.4, -0.2) is 31.1 Å². The van der Waals surface area contributed by atoms with Crippen molar-refractivity contribution in [3.63, 3.8) is 0 Å². The van der Waals surface area contributed by atoms with Crippen molar-refractivity contribution in [2.24, 2.45) is 0 Å². The Bertz CT molecular complexity index is 1590. The molecule has 2 aromatic heterocycles. The lowest BCUT2D eigenvalue weighted by Crippen LogP contribution is -2.34. The Balaban J connectivity index is 1.57. The van der Waals surface area contributed by atoms with Crippen molar-refractivity contribution in [2.45, 2.75) is 4.21 Å². The first-order chi connectivity index (χ1) is 15.7. The van der Waals surface area contributed by atoms with Crippen LogP contribution in [0, 0.1) is 0 Å². The Kier molecular flexibility index (Phi) is 5.97. The average molecular weight is 507 g/mol. The van der Waals surface area contributed by atoms with Crippen molar-refractivity contribution in [3.05, 3.63) is 79.8 Å². The van der Waals surface area contributed by atoms with Crippen LogP contribution in [-0.2, 0) is 10.0 Å². The average Bonchev–Trinajstić information content (AvgIpc) is 3.22. The molecular formula is C20H15ClN4O6S2. The van der Waals surface area contributed by atoms with Gasteiger partial charge in [-0.3, -0.25) is 4.79 Å². The Morgan fingerprint density at radius 3 is 2.45 bits per heavy atom. The third-order valence-corrected chi connectivity index (χ3v) is 7.58. The van der Waals surface area contributed by atoms with Crippen LogP contribution in [0.25, 0.3) is 16.6 Å². The monoisotopic (exact) mass is 506 g/mol. The highest BCUT2D eigenvalue weighted by Gasteiger charge is 2.20. The van der Waals surface area contributed by atoms with Gasteiger partial charge in [0.2, 0.25) is 0 Å². The van der Waals surface area contributed by atoms with E-state index in [1.165, 1.54) is 49.6 Å². The molecule has 0 aliphatic heterocycles. The topological polar surface area (TPSA) is 139 Å². The van der Waals surface area contributed by atoms with E-state index in [9.17, 15) is 22.8 Å². The molecule has 13 heteroatoms. The Labute approximate surface area is 195 Å². The number of hydrogen-bond acceptors (Lipinski definition) is 7. The number of ether oxygens (including phenoxy) is 1. The van der Waals surface area contributed by atoms with Gasteiger partial charge in [0.25, 0.3) is 15.6 Å². The van der Waals surface area contributed by atoms with E-state index in [1.54, 1.807) is 12.1 Å². The summed E-state index contributed by atoms with van der Waals surface area (Å²) in [6.45, 7) is 0. The molecule has 0 spiro atoms. The number of aromatic amines is 1. The number of urea groups is 1. The minimum absolute atomic E-state index is 0.107. The highest BCUT2D eigenvalue weighted by molar-refractivity contribution is 7.92. The van der Waals surface area contributed by atoms with E-state index in [1.807, 2.05) is 4.72 Å². The number of nitrogens with zero attached hydrogens (tertiary/aromatic N) is 1. The Morgan fingerprint density at radius 2 is 1.82 bits per heavy atom. The number of nitrogens with one attached hydrogen (secondary N) is 3. The van der Waals surface area contributed by atoms with E-state index in [4.69, 9.17) is 16.3 Å². The van der Waals surface area contributed by atoms with Gasteiger partial charge >= 0.3 is 11.7 Å². The summed E-state index contributed by atoms with van der Waals surface area (Å²) in [5.41, 5.74) is -0.339. The number of sulfonamides is 1. The molecule has 10 nitrogen and oxygen atoms in total. The molecule has 2 heterocycles. The largest absolute Gasteiger partial charge is 0.497 e. The number of rotatable bonds is 5. The minimum Gasteiger partial charge on any atom is -0.497 e. The predicted octanol–water partition coefficient (Wildman–Crippen LogP) is 2.91. The summed E-state index contributed by atoms with van der Waals surface area (Å²) in [6.07, 6.45) is 0. The quantitative estimate of drug-likeness (QED) is 0.380. The van der Waals surface area contributed by atoms with Crippen molar-refractivity contribution in [3.8, 4) is 11.4 Å². The fourth-order valence-electron chi connectivity index (χ4n) is 3.02. The van der Waals surface area contributed by atoms with Crippen LogP contribution in [0.1, 0.15) is 0 Å². The third-order valence-electron chi connectivity index (χ3n) is 4.53. The molecule has 0 unspecified atom stereocenters. The zero-order valence-electron chi connectivity index (χ0n) is 16.8.